The molecule has 1 amide bonds. The number of carbonyl (C=O) groups excluding carboxylic acids is 1. The van der Waals surface area contributed by atoms with Crippen molar-refractivity contribution in [2.24, 2.45) is 0 Å². The Kier molecular flexibility index (Phi) is 6.85. The molecule has 6 nitrogen and oxygen atoms in total. The first-order valence-electron chi connectivity index (χ1n) is 8.25. The van der Waals surface area contributed by atoms with E-state index in [1.54, 1.807) is 24.5 Å². The van der Waals surface area contributed by atoms with Gasteiger partial charge in [-0.25, -0.2) is 9.87 Å². The highest BCUT2D eigenvalue weighted by Crippen LogP contribution is 2.37. The SMILES string of the molecule is C=COCCONC(=O)c1sc2ccncc2c1Nc1ccc(SC)cc1F. The van der Waals surface area contributed by atoms with Gasteiger partial charge in [0.15, 0.2) is 0 Å². The van der Waals surface area contributed by atoms with Gasteiger partial charge < -0.3 is 10.1 Å². The number of ether oxygens (including phenoxy) is 1. The number of fused-ring (bicyclic) bond motifs is 1. The minimum atomic E-state index is -0.441. The van der Waals surface area contributed by atoms with Crippen LogP contribution in [0.15, 0.2) is 54.4 Å². The first-order chi connectivity index (χ1) is 13.6. The average molecular weight is 420 g/mol. The molecule has 2 aromatic heterocycles. The lowest BCUT2D eigenvalue weighted by Crippen LogP contribution is -2.25. The number of hydrogen-bond acceptors (Lipinski definition) is 7. The van der Waals surface area contributed by atoms with E-state index in [1.807, 2.05) is 12.3 Å². The average Bonchev–Trinajstić information content (AvgIpc) is 3.08. The number of thioether (sulfide) groups is 1. The predicted octanol–water partition coefficient (Wildman–Crippen LogP) is 4.72. The number of carbonyl (C=O) groups is 1. The Bertz CT molecular complexity index is 994. The van der Waals surface area contributed by atoms with Crippen molar-refractivity contribution in [1.82, 2.24) is 10.5 Å². The molecule has 0 fully saturated rings. The maximum Gasteiger partial charge on any atom is 0.287 e. The second-order valence-corrected chi connectivity index (χ2v) is 7.40. The minimum absolute atomic E-state index is 0.164. The minimum Gasteiger partial charge on any atom is -0.499 e. The molecule has 0 saturated heterocycles. The molecule has 3 aromatic rings. The summed E-state index contributed by atoms with van der Waals surface area (Å²) in [6.07, 6.45) is 6.45. The van der Waals surface area contributed by atoms with Gasteiger partial charge in [-0.2, -0.15) is 0 Å². The summed E-state index contributed by atoms with van der Waals surface area (Å²) in [5.74, 6) is -0.845. The van der Waals surface area contributed by atoms with Gasteiger partial charge >= 0.3 is 0 Å². The van der Waals surface area contributed by atoms with Gasteiger partial charge in [-0.15, -0.1) is 23.1 Å². The van der Waals surface area contributed by atoms with E-state index in [-0.39, 0.29) is 18.9 Å². The quantitative estimate of drug-likeness (QED) is 0.226. The highest BCUT2D eigenvalue weighted by molar-refractivity contribution is 7.98. The van der Waals surface area contributed by atoms with E-state index < -0.39 is 11.7 Å². The number of rotatable bonds is 9. The number of nitrogens with zero attached hydrogens (tertiary/aromatic N) is 1. The van der Waals surface area contributed by atoms with E-state index in [1.165, 1.54) is 35.4 Å². The molecule has 0 spiro atoms. The molecule has 0 unspecified atom stereocenters. The van der Waals surface area contributed by atoms with Crippen LogP contribution >= 0.6 is 23.1 Å². The van der Waals surface area contributed by atoms with Crippen molar-refractivity contribution in [3.05, 3.63) is 60.2 Å². The van der Waals surface area contributed by atoms with Crippen LogP contribution in [0.1, 0.15) is 9.67 Å². The summed E-state index contributed by atoms with van der Waals surface area (Å²) in [6, 6.07) is 6.70. The third-order valence-corrected chi connectivity index (χ3v) is 5.61. The van der Waals surface area contributed by atoms with Gasteiger partial charge in [0.25, 0.3) is 5.91 Å². The van der Waals surface area contributed by atoms with Gasteiger partial charge in [0.2, 0.25) is 0 Å². The molecular formula is C19H18FN3O3S2. The lowest BCUT2D eigenvalue weighted by atomic mass is 10.2. The standard InChI is InChI=1S/C19H18FN3O3S2/c1-3-25-8-9-26-23-19(24)18-17(13-11-21-7-6-16(13)28-18)22-15-5-4-12(27-2)10-14(15)20/h3-7,10-11,22H,1,8-9H2,2H3,(H,23,24). The maximum atomic E-state index is 14.4. The van der Waals surface area contributed by atoms with Crippen molar-refractivity contribution in [2.75, 3.05) is 24.8 Å². The number of hydroxylamine groups is 1. The fourth-order valence-corrected chi connectivity index (χ4v) is 3.86. The Morgan fingerprint density at radius 3 is 3.00 bits per heavy atom. The number of amides is 1. The fraction of sp³-hybridized carbons (Fsp3) is 0.158. The normalized spacial score (nSPS) is 10.6. The Morgan fingerprint density at radius 2 is 2.25 bits per heavy atom. The van der Waals surface area contributed by atoms with Gasteiger partial charge in [-0.1, -0.05) is 6.58 Å². The molecule has 0 saturated carbocycles. The summed E-state index contributed by atoms with van der Waals surface area (Å²) >= 11 is 2.72. The van der Waals surface area contributed by atoms with Gasteiger partial charge in [0, 0.05) is 27.4 Å². The Morgan fingerprint density at radius 1 is 1.39 bits per heavy atom. The molecule has 0 atom stereocenters. The van der Waals surface area contributed by atoms with Crippen molar-refractivity contribution >= 4 is 50.5 Å². The van der Waals surface area contributed by atoms with Crippen LogP contribution in [0, 0.1) is 5.82 Å². The number of pyridine rings is 1. The monoisotopic (exact) mass is 419 g/mol. The molecule has 1 aromatic carbocycles. The number of halogens is 1. The molecule has 146 valence electrons. The van der Waals surface area contributed by atoms with Crippen molar-refractivity contribution in [3.8, 4) is 0 Å². The van der Waals surface area contributed by atoms with Crippen LogP contribution in [-0.2, 0) is 9.57 Å². The van der Waals surface area contributed by atoms with Crippen molar-refractivity contribution < 1.29 is 18.8 Å². The van der Waals surface area contributed by atoms with Gasteiger partial charge in [-0.05, 0) is 30.5 Å². The van der Waals surface area contributed by atoms with Gasteiger partial charge in [0.1, 0.15) is 23.9 Å². The van der Waals surface area contributed by atoms with E-state index >= 15 is 0 Å². The molecule has 2 heterocycles. The Labute approximate surface area is 169 Å². The summed E-state index contributed by atoms with van der Waals surface area (Å²) in [5.41, 5.74) is 3.13. The maximum absolute atomic E-state index is 14.4. The number of aromatic nitrogens is 1. The van der Waals surface area contributed by atoms with Crippen LogP contribution in [0.25, 0.3) is 10.1 Å². The Balaban J connectivity index is 1.87. The van der Waals surface area contributed by atoms with Crippen molar-refractivity contribution in [2.45, 2.75) is 4.90 Å². The van der Waals surface area contributed by atoms with E-state index in [0.29, 0.717) is 10.6 Å². The van der Waals surface area contributed by atoms with Crippen molar-refractivity contribution in [1.29, 1.82) is 0 Å². The first kappa shape index (κ1) is 20.1. The summed E-state index contributed by atoms with van der Waals surface area (Å²) in [4.78, 5) is 23.0. The van der Waals surface area contributed by atoms with Crippen LogP contribution in [0.4, 0.5) is 15.8 Å². The highest BCUT2D eigenvalue weighted by atomic mass is 32.2. The van der Waals surface area contributed by atoms with Gasteiger partial charge in [-0.3, -0.25) is 14.6 Å². The fourth-order valence-electron chi connectivity index (χ4n) is 2.42. The molecule has 0 radical (unpaired) electrons. The molecule has 0 aliphatic heterocycles. The summed E-state index contributed by atoms with van der Waals surface area (Å²) < 4.78 is 20.2. The molecule has 0 aliphatic rings. The summed E-state index contributed by atoms with van der Waals surface area (Å²) in [5, 5.41) is 3.76. The Hall–Kier alpha value is -2.62. The molecule has 28 heavy (non-hydrogen) atoms. The molecular weight excluding hydrogens is 401 g/mol. The molecule has 0 bridgehead atoms. The van der Waals surface area contributed by atoms with Crippen LogP contribution in [0.2, 0.25) is 0 Å². The lowest BCUT2D eigenvalue weighted by Gasteiger charge is -2.11. The highest BCUT2D eigenvalue weighted by Gasteiger charge is 2.20. The number of nitrogens with one attached hydrogen (secondary N) is 2. The number of hydrogen-bond donors (Lipinski definition) is 2. The van der Waals surface area contributed by atoms with Gasteiger partial charge in [0.05, 0.1) is 17.6 Å². The third-order valence-electron chi connectivity index (χ3n) is 3.72. The molecule has 2 N–H and O–H groups in total. The van der Waals surface area contributed by atoms with E-state index in [0.717, 1.165) is 15.0 Å². The lowest BCUT2D eigenvalue weighted by molar-refractivity contribution is 0.0148. The molecule has 0 aliphatic carbocycles. The second kappa shape index (κ2) is 9.54. The van der Waals surface area contributed by atoms with E-state index in [9.17, 15) is 9.18 Å². The third kappa shape index (κ3) is 4.61. The number of thiophene rings is 1. The topological polar surface area (TPSA) is 72.5 Å². The zero-order chi connectivity index (χ0) is 19.9. The number of benzene rings is 1. The van der Waals surface area contributed by atoms with Crippen LogP contribution in [0.5, 0.6) is 0 Å². The number of anilines is 2. The molecule has 9 heteroatoms. The van der Waals surface area contributed by atoms with E-state index in [2.05, 4.69) is 22.4 Å². The zero-order valence-corrected chi connectivity index (χ0v) is 16.7. The smallest absolute Gasteiger partial charge is 0.287 e. The first-order valence-corrected chi connectivity index (χ1v) is 10.3. The summed E-state index contributed by atoms with van der Waals surface area (Å²) in [6.45, 7) is 3.85. The van der Waals surface area contributed by atoms with Crippen LogP contribution in [-0.4, -0.2) is 30.4 Å². The summed E-state index contributed by atoms with van der Waals surface area (Å²) in [7, 11) is 0. The second-order valence-electron chi connectivity index (χ2n) is 5.47. The van der Waals surface area contributed by atoms with Crippen molar-refractivity contribution in [3.63, 3.8) is 0 Å². The molecule has 3 rings (SSSR count). The van der Waals surface area contributed by atoms with Crippen LogP contribution < -0.4 is 10.8 Å². The predicted molar refractivity (Wildman–Crippen MR) is 111 cm³/mol. The van der Waals surface area contributed by atoms with Crippen LogP contribution in [0.3, 0.4) is 0 Å². The van der Waals surface area contributed by atoms with E-state index in [4.69, 9.17) is 9.57 Å². The zero-order valence-electron chi connectivity index (χ0n) is 15.0. The largest absolute Gasteiger partial charge is 0.499 e.